The maximum atomic E-state index is 13.5. The predicted molar refractivity (Wildman–Crippen MR) is 54.4 cm³/mol. The Bertz CT molecular complexity index is 395. The van der Waals surface area contributed by atoms with Gasteiger partial charge in [-0.15, -0.1) is 0 Å². The van der Waals surface area contributed by atoms with Gasteiger partial charge in [-0.3, -0.25) is 4.90 Å². The molecule has 6 unspecified atom stereocenters. The second kappa shape index (κ2) is 4.89. The monoisotopic (exact) mass is 280 g/mol. The summed E-state index contributed by atoms with van der Waals surface area (Å²) >= 11 is 0. The van der Waals surface area contributed by atoms with E-state index in [0.717, 1.165) is 0 Å². The molecule has 2 saturated heterocycles. The molecule has 2 rings (SSSR count). The van der Waals surface area contributed by atoms with Crippen LogP contribution in [0.15, 0.2) is 0 Å². The standard InChI is InChI=1S/C9H13FN2O7/c10-3(8(15)16)6-12(9(11)17)7-5(19-6)4(14)2(1-13)18-7/h2-7,13-14H,1H2,(H2,11,17)(H,15,16). The maximum Gasteiger partial charge on any atom is 0.343 e. The van der Waals surface area contributed by atoms with Gasteiger partial charge in [-0.05, 0) is 0 Å². The number of hydrogen-bond acceptors (Lipinski definition) is 6. The molecule has 0 aromatic carbocycles. The number of nitrogens with zero attached hydrogens (tertiary/aromatic N) is 1. The number of nitrogens with two attached hydrogens (primary N) is 1. The summed E-state index contributed by atoms with van der Waals surface area (Å²) < 4.78 is 23.6. The Labute approximate surface area is 106 Å². The number of fused-ring (bicyclic) bond motifs is 1. The van der Waals surface area contributed by atoms with Crippen molar-refractivity contribution in [3.05, 3.63) is 0 Å². The third-order valence-electron chi connectivity index (χ3n) is 3.08. The molecule has 2 aliphatic heterocycles. The van der Waals surface area contributed by atoms with Crippen LogP contribution in [0.5, 0.6) is 0 Å². The van der Waals surface area contributed by atoms with Crippen molar-refractivity contribution in [1.82, 2.24) is 4.90 Å². The zero-order valence-corrected chi connectivity index (χ0v) is 9.55. The Morgan fingerprint density at radius 1 is 1.42 bits per heavy atom. The van der Waals surface area contributed by atoms with Crippen molar-refractivity contribution in [3.8, 4) is 0 Å². The smallest absolute Gasteiger partial charge is 0.343 e. The molecule has 6 atom stereocenters. The first-order valence-corrected chi connectivity index (χ1v) is 5.43. The molecule has 5 N–H and O–H groups in total. The van der Waals surface area contributed by atoms with Crippen LogP contribution < -0.4 is 5.73 Å². The average molecular weight is 280 g/mol. The number of ether oxygens (including phenoxy) is 2. The molecule has 2 aliphatic rings. The van der Waals surface area contributed by atoms with Crippen LogP contribution in [0.4, 0.5) is 9.18 Å². The number of primary amides is 1. The third kappa shape index (κ3) is 2.12. The Hall–Kier alpha value is -1.49. The molecule has 0 aromatic rings. The van der Waals surface area contributed by atoms with E-state index >= 15 is 0 Å². The summed E-state index contributed by atoms with van der Waals surface area (Å²) in [5.41, 5.74) is 5.04. The number of alkyl halides is 1. The van der Waals surface area contributed by atoms with Gasteiger partial charge >= 0.3 is 12.0 Å². The lowest BCUT2D eigenvalue weighted by atomic mass is 10.1. The first-order chi connectivity index (χ1) is 8.88. The highest BCUT2D eigenvalue weighted by Crippen LogP contribution is 2.36. The third-order valence-corrected chi connectivity index (χ3v) is 3.08. The van der Waals surface area contributed by atoms with Gasteiger partial charge in [0.2, 0.25) is 6.17 Å². The Morgan fingerprint density at radius 3 is 2.53 bits per heavy atom. The summed E-state index contributed by atoms with van der Waals surface area (Å²) in [6.45, 7) is -0.535. The Morgan fingerprint density at radius 2 is 2.05 bits per heavy atom. The molecule has 0 spiro atoms. The van der Waals surface area contributed by atoms with Crippen LogP contribution in [-0.4, -0.2) is 75.8 Å². The van der Waals surface area contributed by atoms with Crippen molar-refractivity contribution in [2.75, 3.05) is 6.61 Å². The minimum atomic E-state index is -2.53. The SMILES string of the molecule is NC(=O)N1C(C(F)C(=O)O)OC2C(O)C(CO)OC21. The number of carboxylic acid groups (broad SMARTS) is 1. The molecular formula is C9H13FN2O7. The van der Waals surface area contributed by atoms with E-state index in [9.17, 15) is 19.1 Å². The lowest BCUT2D eigenvalue weighted by molar-refractivity contribution is -0.157. The van der Waals surface area contributed by atoms with Crippen molar-refractivity contribution >= 4 is 12.0 Å². The number of carboxylic acids is 1. The minimum absolute atomic E-state index is 0.535. The van der Waals surface area contributed by atoms with Crippen LogP contribution in [0.25, 0.3) is 0 Å². The van der Waals surface area contributed by atoms with E-state index in [4.69, 9.17) is 25.4 Å². The number of halogens is 1. The summed E-state index contributed by atoms with van der Waals surface area (Å²) in [6, 6.07) is -1.15. The molecule has 108 valence electrons. The van der Waals surface area contributed by atoms with E-state index in [1.807, 2.05) is 0 Å². The molecular weight excluding hydrogens is 267 g/mol. The van der Waals surface area contributed by atoms with Crippen molar-refractivity contribution < 1.29 is 38.8 Å². The van der Waals surface area contributed by atoms with Crippen molar-refractivity contribution in [2.24, 2.45) is 5.73 Å². The summed E-state index contributed by atoms with van der Waals surface area (Å²) in [5, 5.41) is 27.3. The van der Waals surface area contributed by atoms with Gasteiger partial charge in [0.25, 0.3) is 0 Å². The van der Waals surface area contributed by atoms with Crippen LogP contribution in [0.3, 0.4) is 0 Å². The van der Waals surface area contributed by atoms with Crippen LogP contribution in [0, 0.1) is 0 Å². The van der Waals surface area contributed by atoms with Crippen molar-refractivity contribution in [1.29, 1.82) is 0 Å². The number of hydrogen-bond donors (Lipinski definition) is 4. The minimum Gasteiger partial charge on any atom is -0.479 e. The molecule has 2 fully saturated rings. The lowest BCUT2D eigenvalue weighted by Crippen LogP contribution is -2.51. The maximum absolute atomic E-state index is 13.5. The first-order valence-electron chi connectivity index (χ1n) is 5.43. The van der Waals surface area contributed by atoms with Gasteiger partial charge < -0.3 is 30.5 Å². The fraction of sp³-hybridized carbons (Fsp3) is 0.778. The molecule has 0 bridgehead atoms. The summed E-state index contributed by atoms with van der Waals surface area (Å²) in [6.07, 6.45) is -9.02. The summed E-state index contributed by atoms with van der Waals surface area (Å²) in [4.78, 5) is 22.4. The first kappa shape index (κ1) is 13.9. The van der Waals surface area contributed by atoms with Gasteiger partial charge in [0.15, 0.2) is 12.5 Å². The number of carbonyl (C=O) groups excluding carboxylic acids is 1. The molecule has 9 nitrogen and oxygen atoms in total. The normalized spacial score (nSPS) is 39.1. The molecule has 2 amide bonds. The number of amides is 2. The topological polar surface area (TPSA) is 143 Å². The van der Waals surface area contributed by atoms with Gasteiger partial charge in [-0.1, -0.05) is 0 Å². The Balaban J connectivity index is 2.23. The van der Waals surface area contributed by atoms with E-state index in [-0.39, 0.29) is 0 Å². The van der Waals surface area contributed by atoms with E-state index < -0.39 is 55.5 Å². The largest absolute Gasteiger partial charge is 0.479 e. The second-order valence-electron chi connectivity index (χ2n) is 4.22. The number of aliphatic hydroxyl groups excluding tert-OH is 2. The summed E-state index contributed by atoms with van der Waals surface area (Å²) in [7, 11) is 0. The van der Waals surface area contributed by atoms with E-state index in [0.29, 0.717) is 4.90 Å². The van der Waals surface area contributed by atoms with Gasteiger partial charge in [0.1, 0.15) is 18.3 Å². The highest BCUT2D eigenvalue weighted by Gasteiger charge is 2.58. The van der Waals surface area contributed by atoms with Gasteiger partial charge in [-0.25, -0.2) is 14.0 Å². The fourth-order valence-electron chi connectivity index (χ4n) is 2.19. The quantitative estimate of drug-likeness (QED) is 0.451. The summed E-state index contributed by atoms with van der Waals surface area (Å²) in [5.74, 6) is -1.83. The molecule has 0 radical (unpaired) electrons. The van der Waals surface area contributed by atoms with E-state index in [2.05, 4.69) is 0 Å². The molecule has 19 heavy (non-hydrogen) atoms. The number of rotatable bonds is 3. The average Bonchev–Trinajstić information content (AvgIpc) is 2.85. The Kier molecular flexibility index (Phi) is 3.58. The second-order valence-corrected chi connectivity index (χ2v) is 4.22. The van der Waals surface area contributed by atoms with Crippen LogP contribution >= 0.6 is 0 Å². The highest BCUT2D eigenvalue weighted by molar-refractivity contribution is 5.77. The van der Waals surface area contributed by atoms with Crippen LogP contribution in [0.2, 0.25) is 0 Å². The predicted octanol–water partition coefficient (Wildman–Crippen LogP) is -2.41. The molecule has 0 aromatic heterocycles. The molecule has 2 heterocycles. The van der Waals surface area contributed by atoms with Crippen LogP contribution in [0.1, 0.15) is 0 Å². The zero-order chi connectivity index (χ0) is 14.3. The number of aliphatic hydroxyl groups is 2. The van der Waals surface area contributed by atoms with Crippen LogP contribution in [-0.2, 0) is 14.3 Å². The molecule has 0 aliphatic carbocycles. The highest BCUT2D eigenvalue weighted by atomic mass is 19.1. The lowest BCUT2D eigenvalue weighted by Gasteiger charge is -2.27. The fourth-order valence-corrected chi connectivity index (χ4v) is 2.19. The van der Waals surface area contributed by atoms with E-state index in [1.54, 1.807) is 0 Å². The van der Waals surface area contributed by atoms with Gasteiger partial charge in [0.05, 0.1) is 6.61 Å². The van der Waals surface area contributed by atoms with Crippen molar-refractivity contribution in [3.63, 3.8) is 0 Å². The van der Waals surface area contributed by atoms with Gasteiger partial charge in [-0.2, -0.15) is 0 Å². The molecule has 0 saturated carbocycles. The molecule has 10 heteroatoms. The van der Waals surface area contributed by atoms with Gasteiger partial charge in [0, 0.05) is 0 Å². The van der Waals surface area contributed by atoms with E-state index in [1.165, 1.54) is 0 Å². The number of aliphatic carboxylic acids is 1. The number of urea groups is 1. The zero-order valence-electron chi connectivity index (χ0n) is 9.55. The number of carbonyl (C=O) groups is 2. The van der Waals surface area contributed by atoms with Crippen molar-refractivity contribution in [2.45, 2.75) is 36.9 Å².